The predicted octanol–water partition coefficient (Wildman–Crippen LogP) is 1.99. The fourth-order valence-corrected chi connectivity index (χ4v) is 3.32. The first-order chi connectivity index (χ1) is 16.5. The van der Waals surface area contributed by atoms with E-state index in [0.717, 1.165) is 29.8 Å². The van der Waals surface area contributed by atoms with E-state index in [-0.39, 0.29) is 5.56 Å². The highest BCUT2D eigenvalue weighted by molar-refractivity contribution is 6.29. The van der Waals surface area contributed by atoms with E-state index in [1.54, 1.807) is 6.92 Å². The van der Waals surface area contributed by atoms with Gasteiger partial charge < -0.3 is 20.1 Å². The summed E-state index contributed by atoms with van der Waals surface area (Å²) in [6.07, 6.45) is 0. The molecular weight excluding hydrogens is 456 g/mol. The van der Waals surface area contributed by atoms with Crippen molar-refractivity contribution in [2.75, 3.05) is 0 Å². The van der Waals surface area contributed by atoms with Gasteiger partial charge in [0.05, 0.1) is 5.56 Å². The second-order valence-electron chi connectivity index (χ2n) is 7.66. The van der Waals surface area contributed by atoms with Crippen LogP contribution in [0, 0.1) is 6.92 Å². The Kier molecular flexibility index (Phi) is 7.04. The van der Waals surface area contributed by atoms with Gasteiger partial charge in [-0.2, -0.15) is 0 Å². The average Bonchev–Trinajstić information content (AvgIpc) is 2.87. The molecule has 0 spiro atoms. The van der Waals surface area contributed by atoms with Crippen LogP contribution in [0.5, 0.6) is 0 Å². The van der Waals surface area contributed by atoms with Crippen molar-refractivity contribution in [1.29, 1.82) is 0 Å². The van der Waals surface area contributed by atoms with Gasteiger partial charge in [0, 0.05) is 11.1 Å². The lowest BCUT2D eigenvalue weighted by atomic mass is 9.73. The van der Waals surface area contributed by atoms with Crippen LogP contribution in [0.25, 0.3) is 0 Å². The summed E-state index contributed by atoms with van der Waals surface area (Å²) in [4.78, 5) is 64.4. The van der Waals surface area contributed by atoms with Crippen molar-refractivity contribution >= 4 is 29.5 Å². The molecule has 0 amide bonds. The molecule has 3 aromatic carbocycles. The summed E-state index contributed by atoms with van der Waals surface area (Å²) >= 11 is 0. The van der Waals surface area contributed by atoms with E-state index in [0.29, 0.717) is 0 Å². The Morgan fingerprint density at radius 1 is 0.629 bits per heavy atom. The summed E-state index contributed by atoms with van der Waals surface area (Å²) < 4.78 is 4.64. The minimum atomic E-state index is -4.05. The average molecular weight is 476 g/mol. The maximum atomic E-state index is 13.3. The molecule has 0 aromatic heterocycles. The zero-order valence-corrected chi connectivity index (χ0v) is 18.4. The molecule has 0 heterocycles. The van der Waals surface area contributed by atoms with Crippen LogP contribution in [-0.4, -0.2) is 56.0 Å². The number of carbonyl (C=O) groups excluding carboxylic acids is 4. The van der Waals surface area contributed by atoms with Gasteiger partial charge in [0.1, 0.15) is 0 Å². The van der Waals surface area contributed by atoms with Crippen LogP contribution in [0.1, 0.15) is 36.6 Å². The van der Waals surface area contributed by atoms with E-state index in [9.17, 15) is 39.3 Å². The fraction of sp³-hybridized carbons (Fsp3) is 0.115. The van der Waals surface area contributed by atoms with Gasteiger partial charge >= 0.3 is 17.9 Å². The normalized spacial score (nSPS) is 14.1. The first-order valence-electron chi connectivity index (χ1n) is 10.2. The monoisotopic (exact) mass is 476 g/mol. The SMILES string of the molecule is Cc1ccc(C(=O)OC(=O)C(O)(C(=O)c2ccccc2)C(O)(C(=O)O)C(=O)c2ccccc2)cc1. The van der Waals surface area contributed by atoms with Gasteiger partial charge in [-0.1, -0.05) is 78.4 Å². The maximum Gasteiger partial charge on any atom is 0.358 e. The predicted molar refractivity (Wildman–Crippen MR) is 121 cm³/mol. The maximum absolute atomic E-state index is 13.3. The Morgan fingerprint density at radius 3 is 1.49 bits per heavy atom. The number of aliphatic carboxylic acids is 1. The molecule has 0 saturated heterocycles. The number of benzene rings is 3. The van der Waals surface area contributed by atoms with Gasteiger partial charge in [-0.25, -0.2) is 14.4 Å². The van der Waals surface area contributed by atoms with Crippen molar-refractivity contribution in [3.63, 3.8) is 0 Å². The van der Waals surface area contributed by atoms with Crippen LogP contribution in [0.15, 0.2) is 84.9 Å². The number of hydrogen-bond acceptors (Lipinski definition) is 8. The van der Waals surface area contributed by atoms with Gasteiger partial charge in [-0.3, -0.25) is 9.59 Å². The molecule has 3 rings (SSSR count). The molecule has 35 heavy (non-hydrogen) atoms. The summed E-state index contributed by atoms with van der Waals surface area (Å²) in [7, 11) is 0. The molecule has 0 radical (unpaired) electrons. The molecule has 178 valence electrons. The van der Waals surface area contributed by atoms with Crippen molar-refractivity contribution < 1.29 is 44.0 Å². The zero-order valence-electron chi connectivity index (χ0n) is 18.4. The molecule has 2 atom stereocenters. The smallest absolute Gasteiger partial charge is 0.358 e. The van der Waals surface area contributed by atoms with E-state index in [4.69, 9.17) is 0 Å². The molecule has 0 fully saturated rings. The summed E-state index contributed by atoms with van der Waals surface area (Å²) in [5, 5.41) is 32.3. The number of carbonyl (C=O) groups is 5. The van der Waals surface area contributed by atoms with Gasteiger partial charge in [0.15, 0.2) is 0 Å². The summed E-state index contributed by atoms with van der Waals surface area (Å²) in [6.45, 7) is 1.74. The zero-order chi connectivity index (χ0) is 25.8. The van der Waals surface area contributed by atoms with E-state index >= 15 is 0 Å². The second kappa shape index (κ2) is 9.80. The number of hydrogen-bond donors (Lipinski definition) is 3. The number of ether oxygens (including phenoxy) is 1. The standard InChI is InChI=1S/C26H20O9/c1-16-12-14-19(15-13-16)22(29)35-24(32)26(34,21(28)18-10-6-3-7-11-18)25(33,23(30)31)20(27)17-8-4-2-5-9-17/h2-15,33-34H,1H3,(H,30,31). The molecule has 2 unspecified atom stereocenters. The Bertz CT molecular complexity index is 1280. The molecule has 0 saturated carbocycles. The van der Waals surface area contributed by atoms with Crippen molar-refractivity contribution in [3.05, 3.63) is 107 Å². The first-order valence-corrected chi connectivity index (χ1v) is 10.2. The van der Waals surface area contributed by atoms with E-state index < -0.39 is 51.8 Å². The van der Waals surface area contributed by atoms with Crippen LogP contribution in [0.2, 0.25) is 0 Å². The third kappa shape index (κ3) is 4.50. The largest absolute Gasteiger partial charge is 0.479 e. The number of aryl methyl sites for hydroxylation is 1. The highest BCUT2D eigenvalue weighted by atomic mass is 16.6. The molecule has 9 heteroatoms. The van der Waals surface area contributed by atoms with E-state index in [1.807, 2.05) is 0 Å². The molecule has 0 bridgehead atoms. The number of rotatable bonds is 8. The lowest BCUT2D eigenvalue weighted by Gasteiger charge is -2.35. The number of aliphatic hydroxyl groups is 2. The van der Waals surface area contributed by atoms with E-state index in [1.165, 1.54) is 60.7 Å². The van der Waals surface area contributed by atoms with Gasteiger partial charge in [-0.05, 0) is 19.1 Å². The highest BCUT2D eigenvalue weighted by Gasteiger charge is 2.70. The Morgan fingerprint density at radius 2 is 1.06 bits per heavy atom. The summed E-state index contributed by atoms with van der Waals surface area (Å²) in [5.74, 6) is -9.20. The Hall–Kier alpha value is -4.47. The van der Waals surface area contributed by atoms with Crippen LogP contribution < -0.4 is 0 Å². The first kappa shape index (κ1) is 25.2. The summed E-state index contributed by atoms with van der Waals surface area (Å²) in [6, 6.07) is 18.5. The third-order valence-corrected chi connectivity index (χ3v) is 5.33. The minimum Gasteiger partial charge on any atom is -0.479 e. The molecule has 0 aliphatic carbocycles. The van der Waals surface area contributed by atoms with Crippen molar-refractivity contribution in [2.45, 2.75) is 18.1 Å². The quantitative estimate of drug-likeness (QED) is 0.251. The fourth-order valence-electron chi connectivity index (χ4n) is 3.32. The van der Waals surface area contributed by atoms with Crippen LogP contribution in [0.4, 0.5) is 0 Å². The van der Waals surface area contributed by atoms with Crippen molar-refractivity contribution in [1.82, 2.24) is 0 Å². The number of carboxylic acids is 1. The van der Waals surface area contributed by atoms with Gasteiger partial charge in [-0.15, -0.1) is 0 Å². The topological polar surface area (TPSA) is 155 Å². The van der Waals surface area contributed by atoms with Gasteiger partial charge in [0.2, 0.25) is 11.6 Å². The molecular formula is C26H20O9. The third-order valence-electron chi connectivity index (χ3n) is 5.33. The minimum absolute atomic E-state index is 0.160. The van der Waals surface area contributed by atoms with Crippen molar-refractivity contribution in [2.24, 2.45) is 0 Å². The summed E-state index contributed by atoms with van der Waals surface area (Å²) in [5.41, 5.74) is -8.31. The van der Waals surface area contributed by atoms with E-state index in [2.05, 4.69) is 4.74 Å². The van der Waals surface area contributed by atoms with Crippen LogP contribution >= 0.6 is 0 Å². The molecule has 3 N–H and O–H groups in total. The number of esters is 2. The molecule has 0 aliphatic heterocycles. The lowest BCUT2D eigenvalue weighted by molar-refractivity contribution is -0.187. The number of Topliss-reactive ketones (excluding diaryl/α,β-unsaturated/α-hetero) is 2. The molecule has 0 aliphatic rings. The lowest BCUT2D eigenvalue weighted by Crippen LogP contribution is -2.72. The van der Waals surface area contributed by atoms with Crippen molar-refractivity contribution in [3.8, 4) is 0 Å². The molecule has 9 nitrogen and oxygen atoms in total. The number of carboxylic acid groups (broad SMARTS) is 1. The second-order valence-corrected chi connectivity index (χ2v) is 7.66. The number of ketones is 2. The van der Waals surface area contributed by atoms with Crippen LogP contribution in [0.3, 0.4) is 0 Å². The highest BCUT2D eigenvalue weighted by Crippen LogP contribution is 2.33. The molecule has 3 aromatic rings. The Balaban J connectivity index is 2.16. The Labute approximate surface area is 199 Å². The van der Waals surface area contributed by atoms with Crippen LogP contribution in [-0.2, 0) is 14.3 Å². The van der Waals surface area contributed by atoms with Gasteiger partial charge in [0.25, 0.3) is 11.2 Å².